The lowest BCUT2D eigenvalue weighted by molar-refractivity contribution is -0.116. The van der Waals surface area contributed by atoms with Crippen molar-refractivity contribution in [1.29, 1.82) is 0 Å². The Hall–Kier alpha value is -2.10. The van der Waals surface area contributed by atoms with Crippen LogP contribution in [0.3, 0.4) is 0 Å². The summed E-state index contributed by atoms with van der Waals surface area (Å²) in [6.45, 7) is 6.28. The summed E-state index contributed by atoms with van der Waals surface area (Å²) in [7, 11) is 0. The zero-order valence-corrected chi connectivity index (χ0v) is 13.3. The molecule has 0 bridgehead atoms. The predicted molar refractivity (Wildman–Crippen MR) is 91.3 cm³/mol. The number of nitrogens with one attached hydrogen (secondary N) is 1. The Morgan fingerprint density at radius 2 is 2.05 bits per heavy atom. The SMILES string of the molecule is CC(C)CC(=O)Nc1ccc(N2CCCC2)c2ncccc12. The molecule has 0 radical (unpaired) electrons. The van der Waals surface area contributed by atoms with Gasteiger partial charge in [0.25, 0.3) is 0 Å². The Bertz CT molecular complexity index is 675. The van der Waals surface area contributed by atoms with E-state index in [1.165, 1.54) is 18.5 Å². The zero-order chi connectivity index (χ0) is 15.5. The number of nitrogens with zero attached hydrogens (tertiary/aromatic N) is 2. The monoisotopic (exact) mass is 297 g/mol. The molecule has 1 amide bonds. The highest BCUT2D eigenvalue weighted by Crippen LogP contribution is 2.32. The first-order chi connectivity index (χ1) is 10.6. The van der Waals surface area contributed by atoms with Crippen LogP contribution in [0.25, 0.3) is 10.9 Å². The van der Waals surface area contributed by atoms with Crippen LogP contribution in [0.4, 0.5) is 11.4 Å². The summed E-state index contributed by atoms with van der Waals surface area (Å²) in [4.78, 5) is 19.0. The molecule has 2 heterocycles. The number of rotatable bonds is 4. The lowest BCUT2D eigenvalue weighted by Crippen LogP contribution is -2.19. The van der Waals surface area contributed by atoms with Crippen LogP contribution < -0.4 is 10.2 Å². The molecule has 1 aliphatic heterocycles. The van der Waals surface area contributed by atoms with Crippen LogP contribution in [0, 0.1) is 5.92 Å². The fourth-order valence-corrected chi connectivity index (χ4v) is 3.05. The highest BCUT2D eigenvalue weighted by molar-refractivity contribution is 6.05. The van der Waals surface area contributed by atoms with E-state index in [-0.39, 0.29) is 5.91 Å². The van der Waals surface area contributed by atoms with E-state index in [9.17, 15) is 4.79 Å². The first kappa shape index (κ1) is 14.8. The lowest BCUT2D eigenvalue weighted by Gasteiger charge is -2.20. The van der Waals surface area contributed by atoms with E-state index in [0.29, 0.717) is 12.3 Å². The maximum absolute atomic E-state index is 12.1. The summed E-state index contributed by atoms with van der Waals surface area (Å²) in [6, 6.07) is 8.06. The highest BCUT2D eigenvalue weighted by atomic mass is 16.1. The summed E-state index contributed by atoms with van der Waals surface area (Å²) in [5.74, 6) is 0.419. The third kappa shape index (κ3) is 3.06. The van der Waals surface area contributed by atoms with Gasteiger partial charge in [-0.05, 0) is 43.0 Å². The highest BCUT2D eigenvalue weighted by Gasteiger charge is 2.17. The van der Waals surface area contributed by atoms with Gasteiger partial charge in [-0.1, -0.05) is 13.8 Å². The van der Waals surface area contributed by atoms with Crippen LogP contribution >= 0.6 is 0 Å². The second kappa shape index (κ2) is 6.34. The maximum atomic E-state index is 12.1. The molecule has 2 aromatic rings. The van der Waals surface area contributed by atoms with Crippen molar-refractivity contribution < 1.29 is 4.79 Å². The lowest BCUT2D eigenvalue weighted by atomic mass is 10.1. The molecule has 1 aromatic carbocycles. The van der Waals surface area contributed by atoms with E-state index in [1.807, 2.05) is 24.4 Å². The van der Waals surface area contributed by atoms with Gasteiger partial charge >= 0.3 is 0 Å². The Labute approximate surface area is 131 Å². The number of carbonyl (C=O) groups excluding carboxylic acids is 1. The molecule has 116 valence electrons. The van der Waals surface area contributed by atoms with Crippen LogP contribution in [0.1, 0.15) is 33.1 Å². The molecule has 22 heavy (non-hydrogen) atoms. The summed E-state index contributed by atoms with van der Waals surface area (Å²) >= 11 is 0. The first-order valence-electron chi connectivity index (χ1n) is 8.07. The number of carbonyl (C=O) groups is 1. The van der Waals surface area contributed by atoms with Gasteiger partial charge in [0.2, 0.25) is 5.91 Å². The van der Waals surface area contributed by atoms with Crippen LogP contribution in [-0.2, 0) is 4.79 Å². The van der Waals surface area contributed by atoms with Crippen LogP contribution in [0.5, 0.6) is 0 Å². The quantitative estimate of drug-likeness (QED) is 0.933. The molecule has 0 aliphatic carbocycles. The minimum absolute atomic E-state index is 0.0640. The van der Waals surface area contributed by atoms with Crippen LogP contribution in [0.2, 0.25) is 0 Å². The number of anilines is 2. The molecular formula is C18H23N3O. The van der Waals surface area contributed by atoms with E-state index >= 15 is 0 Å². The molecule has 4 nitrogen and oxygen atoms in total. The van der Waals surface area contributed by atoms with Crippen molar-refractivity contribution in [2.24, 2.45) is 5.92 Å². The van der Waals surface area contributed by atoms with Crippen molar-refractivity contribution in [2.45, 2.75) is 33.1 Å². The number of amides is 1. The number of aromatic nitrogens is 1. The smallest absolute Gasteiger partial charge is 0.224 e. The van der Waals surface area contributed by atoms with Gasteiger partial charge in [-0.15, -0.1) is 0 Å². The predicted octanol–water partition coefficient (Wildman–Crippen LogP) is 3.82. The molecule has 0 saturated carbocycles. The Morgan fingerprint density at radius 1 is 1.27 bits per heavy atom. The van der Waals surface area contributed by atoms with Crippen molar-refractivity contribution in [1.82, 2.24) is 4.98 Å². The molecule has 1 fully saturated rings. The number of benzene rings is 1. The topological polar surface area (TPSA) is 45.2 Å². The average Bonchev–Trinajstić information content (AvgIpc) is 3.01. The van der Waals surface area contributed by atoms with Gasteiger partial charge < -0.3 is 10.2 Å². The third-order valence-electron chi connectivity index (χ3n) is 4.06. The van der Waals surface area contributed by atoms with E-state index in [1.54, 1.807) is 0 Å². The fraction of sp³-hybridized carbons (Fsp3) is 0.444. The van der Waals surface area contributed by atoms with Crippen molar-refractivity contribution in [3.63, 3.8) is 0 Å². The van der Waals surface area contributed by atoms with E-state index < -0.39 is 0 Å². The van der Waals surface area contributed by atoms with Gasteiger partial charge in [-0.2, -0.15) is 0 Å². The molecule has 1 N–H and O–H groups in total. The van der Waals surface area contributed by atoms with Gasteiger partial charge in [0, 0.05) is 31.1 Å². The van der Waals surface area contributed by atoms with Crippen molar-refractivity contribution in [3.05, 3.63) is 30.5 Å². The molecule has 0 atom stereocenters. The van der Waals surface area contributed by atoms with Crippen molar-refractivity contribution in [3.8, 4) is 0 Å². The number of pyridine rings is 1. The Morgan fingerprint density at radius 3 is 2.77 bits per heavy atom. The Kier molecular flexibility index (Phi) is 4.27. The van der Waals surface area contributed by atoms with E-state index in [4.69, 9.17) is 0 Å². The molecule has 0 unspecified atom stereocenters. The number of fused-ring (bicyclic) bond motifs is 1. The second-order valence-corrected chi connectivity index (χ2v) is 6.37. The molecular weight excluding hydrogens is 274 g/mol. The van der Waals surface area contributed by atoms with Crippen molar-refractivity contribution in [2.75, 3.05) is 23.3 Å². The van der Waals surface area contributed by atoms with Crippen LogP contribution in [-0.4, -0.2) is 24.0 Å². The van der Waals surface area contributed by atoms with Crippen LogP contribution in [0.15, 0.2) is 30.5 Å². The van der Waals surface area contributed by atoms with Gasteiger partial charge in [0.1, 0.15) is 0 Å². The molecule has 0 spiro atoms. The van der Waals surface area contributed by atoms with Gasteiger partial charge in [-0.3, -0.25) is 9.78 Å². The van der Waals surface area contributed by atoms with Crippen molar-refractivity contribution >= 4 is 28.2 Å². The molecule has 1 aromatic heterocycles. The maximum Gasteiger partial charge on any atom is 0.224 e. The number of hydrogen-bond donors (Lipinski definition) is 1. The third-order valence-corrected chi connectivity index (χ3v) is 4.06. The summed E-state index contributed by atoms with van der Waals surface area (Å²) in [5, 5.41) is 4.05. The van der Waals surface area contributed by atoms with E-state index in [0.717, 1.165) is 29.7 Å². The minimum Gasteiger partial charge on any atom is -0.370 e. The molecule has 3 rings (SSSR count). The minimum atomic E-state index is 0.0640. The normalized spacial score (nSPS) is 14.8. The average molecular weight is 297 g/mol. The first-order valence-corrected chi connectivity index (χ1v) is 8.07. The molecule has 1 aliphatic rings. The second-order valence-electron chi connectivity index (χ2n) is 6.37. The standard InChI is InChI=1S/C18H23N3O/c1-13(2)12-17(22)20-15-7-8-16(21-10-3-4-11-21)18-14(15)6-5-9-19-18/h5-9,13H,3-4,10-12H2,1-2H3,(H,20,22). The largest absolute Gasteiger partial charge is 0.370 e. The molecule has 1 saturated heterocycles. The number of hydrogen-bond acceptors (Lipinski definition) is 3. The Balaban J connectivity index is 1.95. The van der Waals surface area contributed by atoms with E-state index in [2.05, 4.69) is 35.1 Å². The van der Waals surface area contributed by atoms with Gasteiger partial charge in [-0.25, -0.2) is 0 Å². The summed E-state index contributed by atoms with van der Waals surface area (Å²) in [6.07, 6.45) is 4.83. The molecule has 4 heteroatoms. The summed E-state index contributed by atoms with van der Waals surface area (Å²) < 4.78 is 0. The van der Waals surface area contributed by atoms with Gasteiger partial charge in [0.15, 0.2) is 0 Å². The van der Waals surface area contributed by atoms with Gasteiger partial charge in [0.05, 0.1) is 16.9 Å². The zero-order valence-electron chi connectivity index (χ0n) is 13.3. The fourth-order valence-electron chi connectivity index (χ4n) is 3.05. The summed E-state index contributed by atoms with van der Waals surface area (Å²) in [5.41, 5.74) is 3.01.